The van der Waals surface area contributed by atoms with E-state index in [1.807, 2.05) is 25.7 Å². The van der Waals surface area contributed by atoms with Gasteiger partial charge < -0.3 is 19.1 Å². The Bertz CT molecular complexity index is 617. The summed E-state index contributed by atoms with van der Waals surface area (Å²) in [6, 6.07) is 3.62. The molecular weight excluding hydrogens is 330 g/mol. The Morgan fingerprint density at radius 2 is 2.21 bits per heavy atom. The van der Waals surface area contributed by atoms with E-state index >= 15 is 0 Å². The minimum absolute atomic E-state index is 0.0402. The largest absolute Gasteiger partial charge is 0.493 e. The molecule has 1 aromatic rings. The molecule has 1 fully saturated rings. The molecule has 132 valence electrons. The third kappa shape index (κ3) is 4.42. The lowest BCUT2D eigenvalue weighted by molar-refractivity contribution is -0.137. The van der Waals surface area contributed by atoms with Gasteiger partial charge in [0.05, 0.1) is 37.5 Å². The van der Waals surface area contributed by atoms with E-state index in [-0.39, 0.29) is 18.1 Å². The smallest absolute Gasteiger partial charge is 0.246 e. The molecule has 0 bridgehead atoms. The summed E-state index contributed by atoms with van der Waals surface area (Å²) >= 11 is 6.25. The number of carbonyl (C=O) groups excluding carboxylic acids is 1. The molecule has 0 N–H and O–H groups in total. The molecule has 0 radical (unpaired) electrons. The van der Waals surface area contributed by atoms with E-state index in [1.165, 1.54) is 0 Å². The van der Waals surface area contributed by atoms with Crippen molar-refractivity contribution >= 4 is 23.6 Å². The minimum Gasteiger partial charge on any atom is -0.493 e. The van der Waals surface area contributed by atoms with Crippen LogP contribution in [0.25, 0.3) is 6.08 Å². The van der Waals surface area contributed by atoms with E-state index in [9.17, 15) is 4.79 Å². The van der Waals surface area contributed by atoms with E-state index in [4.69, 9.17) is 25.8 Å². The first kappa shape index (κ1) is 18.6. The van der Waals surface area contributed by atoms with Crippen LogP contribution in [0.4, 0.5) is 0 Å². The molecule has 1 heterocycles. The highest BCUT2D eigenvalue weighted by atomic mass is 35.5. The second-order valence-electron chi connectivity index (χ2n) is 5.78. The van der Waals surface area contributed by atoms with Crippen LogP contribution in [0, 0.1) is 0 Å². The van der Waals surface area contributed by atoms with Crippen LogP contribution in [0.3, 0.4) is 0 Å². The summed E-state index contributed by atoms with van der Waals surface area (Å²) in [7, 11) is 1.56. The maximum absolute atomic E-state index is 12.4. The monoisotopic (exact) mass is 353 g/mol. The van der Waals surface area contributed by atoms with Crippen molar-refractivity contribution < 1.29 is 19.0 Å². The van der Waals surface area contributed by atoms with E-state index < -0.39 is 0 Å². The molecule has 2 unspecified atom stereocenters. The van der Waals surface area contributed by atoms with Crippen LogP contribution in [0.1, 0.15) is 26.3 Å². The molecule has 0 saturated carbocycles. The van der Waals surface area contributed by atoms with Crippen molar-refractivity contribution in [2.24, 2.45) is 0 Å². The molecule has 0 aromatic heterocycles. The molecular formula is C18H24ClNO4. The van der Waals surface area contributed by atoms with Gasteiger partial charge in [-0.25, -0.2) is 0 Å². The van der Waals surface area contributed by atoms with Gasteiger partial charge >= 0.3 is 0 Å². The number of hydrogen-bond acceptors (Lipinski definition) is 4. The van der Waals surface area contributed by atoms with Crippen molar-refractivity contribution in [2.45, 2.75) is 32.9 Å². The van der Waals surface area contributed by atoms with Crippen LogP contribution in [-0.4, -0.2) is 49.8 Å². The zero-order valence-electron chi connectivity index (χ0n) is 14.5. The van der Waals surface area contributed by atoms with E-state index in [2.05, 4.69) is 0 Å². The quantitative estimate of drug-likeness (QED) is 0.761. The maximum atomic E-state index is 12.4. The van der Waals surface area contributed by atoms with Gasteiger partial charge in [0.25, 0.3) is 0 Å². The third-order valence-corrected chi connectivity index (χ3v) is 4.13. The fourth-order valence-corrected chi connectivity index (χ4v) is 2.87. The molecule has 6 heteroatoms. The first-order chi connectivity index (χ1) is 11.5. The number of morpholine rings is 1. The van der Waals surface area contributed by atoms with Gasteiger partial charge in [-0.1, -0.05) is 11.6 Å². The number of methoxy groups -OCH3 is 1. The Hall–Kier alpha value is -1.72. The van der Waals surface area contributed by atoms with Gasteiger partial charge in [0, 0.05) is 12.6 Å². The van der Waals surface area contributed by atoms with Crippen LogP contribution < -0.4 is 9.47 Å². The van der Waals surface area contributed by atoms with Gasteiger partial charge in [-0.2, -0.15) is 0 Å². The second kappa shape index (κ2) is 8.40. The molecule has 0 aliphatic carbocycles. The second-order valence-corrected chi connectivity index (χ2v) is 6.19. The van der Waals surface area contributed by atoms with Gasteiger partial charge in [-0.3, -0.25) is 4.79 Å². The van der Waals surface area contributed by atoms with Crippen molar-refractivity contribution in [3.63, 3.8) is 0 Å². The third-order valence-electron chi connectivity index (χ3n) is 3.85. The minimum atomic E-state index is -0.0402. The summed E-state index contributed by atoms with van der Waals surface area (Å²) in [5, 5.41) is 0.455. The van der Waals surface area contributed by atoms with Crippen molar-refractivity contribution in [3.05, 3.63) is 28.8 Å². The van der Waals surface area contributed by atoms with Gasteiger partial charge in [-0.15, -0.1) is 0 Å². The van der Waals surface area contributed by atoms with Crippen molar-refractivity contribution in [1.29, 1.82) is 0 Å². The highest BCUT2D eigenvalue weighted by Crippen LogP contribution is 2.36. The lowest BCUT2D eigenvalue weighted by Crippen LogP contribution is -2.49. The maximum Gasteiger partial charge on any atom is 0.246 e. The Labute approximate surface area is 148 Å². The predicted octanol–water partition coefficient (Wildman–Crippen LogP) is 3.40. The van der Waals surface area contributed by atoms with Crippen LogP contribution in [-0.2, 0) is 9.53 Å². The summed E-state index contributed by atoms with van der Waals surface area (Å²) < 4.78 is 16.4. The first-order valence-corrected chi connectivity index (χ1v) is 8.44. The van der Waals surface area contributed by atoms with Crippen LogP contribution in [0.15, 0.2) is 18.2 Å². The Morgan fingerprint density at radius 1 is 1.46 bits per heavy atom. The SMILES string of the molecule is CCOc1c(Cl)cc(/C=C/C(=O)N2CC(C)OCC2C)cc1OC. The normalized spacial score (nSPS) is 21.1. The Balaban J connectivity index is 2.16. The summed E-state index contributed by atoms with van der Waals surface area (Å²) in [4.78, 5) is 14.2. The molecule has 1 saturated heterocycles. The van der Waals surface area contributed by atoms with Gasteiger partial charge in [0.1, 0.15) is 0 Å². The highest BCUT2D eigenvalue weighted by Gasteiger charge is 2.26. The zero-order chi connectivity index (χ0) is 17.7. The van der Waals surface area contributed by atoms with Crippen molar-refractivity contribution in [1.82, 2.24) is 4.90 Å². The number of amides is 1. The number of carbonyl (C=O) groups is 1. The van der Waals surface area contributed by atoms with Crippen LogP contribution in [0.5, 0.6) is 11.5 Å². The number of nitrogens with zero attached hydrogens (tertiary/aromatic N) is 1. The summed E-state index contributed by atoms with van der Waals surface area (Å²) in [6.45, 7) is 7.48. The topological polar surface area (TPSA) is 48.0 Å². The van der Waals surface area contributed by atoms with E-state index in [0.717, 1.165) is 5.56 Å². The van der Waals surface area contributed by atoms with Crippen LogP contribution >= 0.6 is 11.6 Å². The molecule has 1 aliphatic heterocycles. The lowest BCUT2D eigenvalue weighted by Gasteiger charge is -2.36. The zero-order valence-corrected chi connectivity index (χ0v) is 15.3. The molecule has 1 aliphatic rings. The van der Waals surface area contributed by atoms with Crippen LogP contribution in [0.2, 0.25) is 5.02 Å². The van der Waals surface area contributed by atoms with E-state index in [0.29, 0.717) is 36.3 Å². The summed E-state index contributed by atoms with van der Waals surface area (Å²) in [5.74, 6) is 1.02. The van der Waals surface area contributed by atoms with Gasteiger partial charge in [0.2, 0.25) is 5.91 Å². The number of ether oxygens (including phenoxy) is 3. The van der Waals surface area contributed by atoms with Crippen molar-refractivity contribution in [2.75, 3.05) is 26.9 Å². The standard InChI is InChI=1S/C18H24ClNO4/c1-5-23-18-15(19)8-14(9-16(18)22-4)6-7-17(21)20-10-13(3)24-11-12(20)2/h6-9,12-13H,5,10-11H2,1-4H3/b7-6+. The fraction of sp³-hybridized carbons (Fsp3) is 0.500. The summed E-state index contributed by atoms with van der Waals surface area (Å²) in [5.41, 5.74) is 0.780. The number of rotatable bonds is 5. The molecule has 1 amide bonds. The average Bonchev–Trinajstić information content (AvgIpc) is 2.56. The molecule has 2 rings (SSSR count). The van der Waals surface area contributed by atoms with Gasteiger partial charge in [0.15, 0.2) is 11.5 Å². The Kier molecular flexibility index (Phi) is 6.52. The lowest BCUT2D eigenvalue weighted by atomic mass is 10.1. The summed E-state index contributed by atoms with van der Waals surface area (Å²) in [6.07, 6.45) is 3.35. The first-order valence-electron chi connectivity index (χ1n) is 8.06. The number of benzene rings is 1. The number of hydrogen-bond donors (Lipinski definition) is 0. The molecule has 5 nitrogen and oxygen atoms in total. The Morgan fingerprint density at radius 3 is 2.88 bits per heavy atom. The predicted molar refractivity (Wildman–Crippen MR) is 94.8 cm³/mol. The number of halogens is 1. The highest BCUT2D eigenvalue weighted by molar-refractivity contribution is 6.32. The van der Waals surface area contributed by atoms with Crippen molar-refractivity contribution in [3.8, 4) is 11.5 Å². The molecule has 0 spiro atoms. The molecule has 24 heavy (non-hydrogen) atoms. The average molecular weight is 354 g/mol. The molecule has 2 atom stereocenters. The van der Waals surface area contributed by atoms with Gasteiger partial charge in [-0.05, 0) is 44.5 Å². The fourth-order valence-electron chi connectivity index (χ4n) is 2.59. The van der Waals surface area contributed by atoms with E-state index in [1.54, 1.807) is 31.4 Å². The molecule has 1 aromatic carbocycles.